The van der Waals surface area contributed by atoms with Gasteiger partial charge in [0.15, 0.2) is 5.76 Å². The zero-order valence-electron chi connectivity index (χ0n) is 13.0. The fraction of sp³-hybridized carbons (Fsp3) is 0.235. The summed E-state index contributed by atoms with van der Waals surface area (Å²) in [5, 5.41) is 8.96. The first kappa shape index (κ1) is 16.7. The maximum absolute atomic E-state index is 11.8. The Hall–Kier alpha value is -2.12. The maximum atomic E-state index is 11.8. The average molecular weight is 359 g/mol. The zero-order chi connectivity index (χ0) is 16.6. The van der Waals surface area contributed by atoms with E-state index < -0.39 is 0 Å². The van der Waals surface area contributed by atoms with Gasteiger partial charge in [-0.3, -0.25) is 9.78 Å². The first-order valence-corrected chi connectivity index (χ1v) is 9.57. The standard InChI is InChI=1S/C17H17N3O2S2/c21-17(19-7-5-13-3-1-6-18-10-13)12-23-11-14-9-15(22-20-14)16-4-2-8-24-16/h1-4,6,8-10H,5,7,11-12H2,(H,19,21). The van der Waals surface area contributed by atoms with E-state index in [4.69, 9.17) is 4.52 Å². The molecule has 0 saturated heterocycles. The van der Waals surface area contributed by atoms with Crippen molar-refractivity contribution in [1.29, 1.82) is 0 Å². The van der Waals surface area contributed by atoms with Crippen LogP contribution in [0, 0.1) is 0 Å². The Balaban J connectivity index is 1.35. The molecule has 3 heterocycles. The van der Waals surface area contributed by atoms with Gasteiger partial charge in [0, 0.05) is 30.8 Å². The molecular weight excluding hydrogens is 342 g/mol. The molecule has 7 heteroatoms. The molecule has 5 nitrogen and oxygen atoms in total. The molecule has 0 aliphatic carbocycles. The molecule has 0 fully saturated rings. The summed E-state index contributed by atoms with van der Waals surface area (Å²) in [5.74, 6) is 1.88. The Morgan fingerprint density at radius 1 is 1.33 bits per heavy atom. The molecule has 24 heavy (non-hydrogen) atoms. The van der Waals surface area contributed by atoms with Crippen LogP contribution in [0.4, 0.5) is 0 Å². The van der Waals surface area contributed by atoms with E-state index in [-0.39, 0.29) is 5.91 Å². The number of nitrogens with one attached hydrogen (secondary N) is 1. The average Bonchev–Trinajstić information content (AvgIpc) is 3.27. The Labute approximate surface area is 148 Å². The second-order valence-electron chi connectivity index (χ2n) is 5.11. The number of carbonyl (C=O) groups excluding carboxylic acids is 1. The van der Waals surface area contributed by atoms with Crippen LogP contribution in [0.15, 0.2) is 52.6 Å². The summed E-state index contributed by atoms with van der Waals surface area (Å²) in [5.41, 5.74) is 1.97. The minimum atomic E-state index is 0.0332. The fourth-order valence-electron chi connectivity index (χ4n) is 2.11. The molecule has 1 amide bonds. The molecule has 0 aliphatic rings. The number of hydrogen-bond donors (Lipinski definition) is 1. The van der Waals surface area contributed by atoms with Gasteiger partial charge in [0.1, 0.15) is 0 Å². The van der Waals surface area contributed by atoms with Gasteiger partial charge in [-0.2, -0.15) is 0 Å². The zero-order valence-corrected chi connectivity index (χ0v) is 14.6. The molecule has 0 saturated carbocycles. The van der Waals surface area contributed by atoms with Gasteiger partial charge in [0.2, 0.25) is 5.91 Å². The minimum absolute atomic E-state index is 0.0332. The second kappa shape index (κ2) is 8.65. The predicted molar refractivity (Wildman–Crippen MR) is 96.9 cm³/mol. The summed E-state index contributed by atoms with van der Waals surface area (Å²) >= 11 is 3.14. The summed E-state index contributed by atoms with van der Waals surface area (Å²) in [6.45, 7) is 0.623. The Morgan fingerprint density at radius 3 is 3.08 bits per heavy atom. The normalized spacial score (nSPS) is 10.7. The molecule has 3 rings (SSSR count). The number of thioether (sulfide) groups is 1. The molecule has 0 spiro atoms. The third-order valence-corrected chi connectivity index (χ3v) is 5.12. The number of pyridine rings is 1. The van der Waals surface area contributed by atoms with E-state index in [0.717, 1.165) is 28.3 Å². The van der Waals surface area contributed by atoms with Crippen LogP contribution in [0.1, 0.15) is 11.3 Å². The highest BCUT2D eigenvalue weighted by Gasteiger charge is 2.08. The summed E-state index contributed by atoms with van der Waals surface area (Å²) < 4.78 is 5.32. The first-order chi connectivity index (χ1) is 11.8. The van der Waals surface area contributed by atoms with Gasteiger partial charge in [-0.1, -0.05) is 17.3 Å². The number of rotatable bonds is 8. The van der Waals surface area contributed by atoms with Gasteiger partial charge in [0.25, 0.3) is 0 Å². The molecule has 0 aromatic carbocycles. The van der Waals surface area contributed by atoms with E-state index >= 15 is 0 Å². The molecule has 0 aliphatic heterocycles. The van der Waals surface area contributed by atoms with E-state index in [1.165, 1.54) is 11.8 Å². The van der Waals surface area contributed by atoms with Crippen molar-refractivity contribution in [3.05, 3.63) is 59.4 Å². The largest absolute Gasteiger partial charge is 0.355 e. The number of hydrogen-bond acceptors (Lipinski definition) is 6. The van der Waals surface area contributed by atoms with E-state index in [1.807, 2.05) is 41.9 Å². The quantitative estimate of drug-likeness (QED) is 0.668. The summed E-state index contributed by atoms with van der Waals surface area (Å²) in [4.78, 5) is 16.9. The van der Waals surface area contributed by atoms with Gasteiger partial charge < -0.3 is 9.84 Å². The lowest BCUT2D eigenvalue weighted by atomic mass is 10.2. The van der Waals surface area contributed by atoms with Gasteiger partial charge in [0.05, 0.1) is 16.3 Å². The number of nitrogens with zero attached hydrogens (tertiary/aromatic N) is 2. The number of amides is 1. The van der Waals surface area contributed by atoms with Crippen LogP contribution in [0.25, 0.3) is 10.6 Å². The molecule has 0 unspecified atom stereocenters. The molecule has 1 N–H and O–H groups in total. The highest BCUT2D eigenvalue weighted by Crippen LogP contribution is 2.26. The van der Waals surface area contributed by atoms with Crippen molar-refractivity contribution in [2.75, 3.05) is 12.3 Å². The SMILES string of the molecule is O=C(CSCc1cc(-c2cccs2)on1)NCCc1cccnc1. The van der Waals surface area contributed by atoms with Crippen LogP contribution in [-0.4, -0.2) is 28.3 Å². The van der Waals surface area contributed by atoms with E-state index in [9.17, 15) is 4.79 Å². The van der Waals surface area contributed by atoms with Gasteiger partial charge in [-0.05, 0) is 29.5 Å². The second-order valence-corrected chi connectivity index (χ2v) is 7.05. The van der Waals surface area contributed by atoms with E-state index in [1.54, 1.807) is 17.5 Å². The van der Waals surface area contributed by atoms with Crippen molar-refractivity contribution in [1.82, 2.24) is 15.5 Å². The van der Waals surface area contributed by atoms with Gasteiger partial charge in [-0.15, -0.1) is 23.1 Å². The molecule has 0 atom stereocenters. The molecule has 124 valence electrons. The fourth-order valence-corrected chi connectivity index (χ4v) is 3.51. The first-order valence-electron chi connectivity index (χ1n) is 7.54. The Kier molecular flexibility index (Phi) is 6.03. The minimum Gasteiger partial charge on any atom is -0.355 e. The predicted octanol–water partition coefficient (Wildman–Crippen LogP) is 3.39. The lowest BCUT2D eigenvalue weighted by molar-refractivity contribution is -0.118. The summed E-state index contributed by atoms with van der Waals surface area (Å²) in [6.07, 6.45) is 4.35. The molecule has 3 aromatic rings. The van der Waals surface area contributed by atoms with Crippen LogP contribution in [0.3, 0.4) is 0 Å². The van der Waals surface area contributed by atoms with Crippen molar-refractivity contribution in [3.63, 3.8) is 0 Å². The summed E-state index contributed by atoms with van der Waals surface area (Å²) in [6, 6.07) is 9.81. The van der Waals surface area contributed by atoms with Crippen molar-refractivity contribution < 1.29 is 9.32 Å². The van der Waals surface area contributed by atoms with Crippen LogP contribution >= 0.6 is 23.1 Å². The maximum Gasteiger partial charge on any atom is 0.230 e. The Morgan fingerprint density at radius 2 is 2.29 bits per heavy atom. The highest BCUT2D eigenvalue weighted by atomic mass is 32.2. The molecular formula is C17H17N3O2S2. The molecule has 3 aromatic heterocycles. The van der Waals surface area contributed by atoms with Crippen LogP contribution in [0.5, 0.6) is 0 Å². The number of carbonyl (C=O) groups is 1. The smallest absolute Gasteiger partial charge is 0.230 e. The third kappa shape index (κ3) is 4.94. The van der Waals surface area contributed by atoms with Crippen LogP contribution < -0.4 is 5.32 Å². The topological polar surface area (TPSA) is 68.0 Å². The lowest BCUT2D eigenvalue weighted by Crippen LogP contribution is -2.27. The van der Waals surface area contributed by atoms with Gasteiger partial charge >= 0.3 is 0 Å². The van der Waals surface area contributed by atoms with Crippen molar-refractivity contribution in [3.8, 4) is 10.6 Å². The van der Waals surface area contributed by atoms with Crippen LogP contribution in [-0.2, 0) is 17.0 Å². The number of aromatic nitrogens is 2. The molecule has 0 radical (unpaired) electrons. The third-order valence-electron chi connectivity index (χ3n) is 3.26. The molecule has 0 bridgehead atoms. The van der Waals surface area contributed by atoms with Crippen LogP contribution in [0.2, 0.25) is 0 Å². The van der Waals surface area contributed by atoms with Gasteiger partial charge in [-0.25, -0.2) is 0 Å². The monoisotopic (exact) mass is 359 g/mol. The van der Waals surface area contributed by atoms with E-state index in [2.05, 4.69) is 15.5 Å². The highest BCUT2D eigenvalue weighted by molar-refractivity contribution is 7.99. The lowest BCUT2D eigenvalue weighted by Gasteiger charge is -2.04. The van der Waals surface area contributed by atoms with Crippen molar-refractivity contribution in [2.45, 2.75) is 12.2 Å². The number of thiophene rings is 1. The van der Waals surface area contributed by atoms with E-state index in [0.29, 0.717) is 18.1 Å². The summed E-state index contributed by atoms with van der Waals surface area (Å²) in [7, 11) is 0. The van der Waals surface area contributed by atoms with Crippen molar-refractivity contribution >= 4 is 29.0 Å². The van der Waals surface area contributed by atoms with Crippen molar-refractivity contribution in [2.24, 2.45) is 0 Å². The Bertz CT molecular complexity index is 757.